The normalized spacial score (nSPS) is 28.5. The van der Waals surface area contributed by atoms with Crippen LogP contribution in [0.25, 0.3) is 0 Å². The summed E-state index contributed by atoms with van der Waals surface area (Å²) in [7, 11) is 1.63. The Morgan fingerprint density at radius 2 is 2.35 bits per heavy atom. The second-order valence-electron chi connectivity index (χ2n) is 4.06. The topological polar surface area (TPSA) is 73.3 Å². The summed E-state index contributed by atoms with van der Waals surface area (Å²) in [5.74, 6) is 0. The molecule has 0 bridgehead atoms. The number of nitrogens with one attached hydrogen (secondary N) is 1. The summed E-state index contributed by atoms with van der Waals surface area (Å²) < 4.78 is 12.4. The average molecular weight is 240 g/mol. The highest BCUT2D eigenvalue weighted by atomic mass is 16.6. The summed E-state index contributed by atoms with van der Waals surface area (Å²) >= 11 is 0. The van der Waals surface area contributed by atoms with Crippen molar-refractivity contribution in [2.45, 2.75) is 38.2 Å². The molecule has 3 atom stereocenters. The van der Waals surface area contributed by atoms with Gasteiger partial charge in [0.1, 0.15) is 6.23 Å². The SMILES string of the molecule is CC[C@H]1O[C@@H](n2ccc(=O)[nH]c2=O)C[C@H]1OC. The number of aromatic nitrogens is 2. The monoisotopic (exact) mass is 240 g/mol. The van der Waals surface area contributed by atoms with Crippen molar-refractivity contribution in [2.75, 3.05) is 7.11 Å². The van der Waals surface area contributed by atoms with E-state index in [2.05, 4.69) is 4.98 Å². The molecule has 0 amide bonds. The standard InChI is InChI=1S/C11H16N2O4/c1-3-7-8(16-2)6-10(17-7)13-5-4-9(14)12-11(13)15/h4-5,7-8,10H,3,6H2,1-2H3,(H,12,14,15)/t7-,8-,10-/m1/s1. The predicted molar refractivity (Wildman–Crippen MR) is 60.9 cm³/mol. The van der Waals surface area contributed by atoms with E-state index in [1.165, 1.54) is 16.8 Å². The third-order valence-corrected chi connectivity index (χ3v) is 3.05. The summed E-state index contributed by atoms with van der Waals surface area (Å²) in [4.78, 5) is 24.8. The van der Waals surface area contributed by atoms with Gasteiger partial charge in [0, 0.05) is 25.8 Å². The summed E-state index contributed by atoms with van der Waals surface area (Å²) in [6.07, 6.45) is 2.51. The fourth-order valence-electron chi connectivity index (χ4n) is 2.14. The lowest BCUT2D eigenvalue weighted by Gasteiger charge is -2.14. The van der Waals surface area contributed by atoms with Crippen LogP contribution in [-0.2, 0) is 9.47 Å². The Morgan fingerprint density at radius 3 is 2.88 bits per heavy atom. The van der Waals surface area contributed by atoms with E-state index in [9.17, 15) is 9.59 Å². The van der Waals surface area contributed by atoms with Gasteiger partial charge >= 0.3 is 5.69 Å². The maximum absolute atomic E-state index is 11.6. The Bertz CT molecular complexity index is 481. The van der Waals surface area contributed by atoms with Gasteiger partial charge in [0.25, 0.3) is 5.56 Å². The molecule has 1 aromatic rings. The van der Waals surface area contributed by atoms with Gasteiger partial charge in [-0.15, -0.1) is 0 Å². The molecule has 0 saturated carbocycles. The van der Waals surface area contributed by atoms with Crippen LogP contribution in [0.15, 0.2) is 21.9 Å². The highest BCUT2D eigenvalue weighted by Crippen LogP contribution is 2.30. The minimum atomic E-state index is -0.450. The molecule has 1 saturated heterocycles. The first-order valence-corrected chi connectivity index (χ1v) is 5.65. The Kier molecular flexibility index (Phi) is 3.44. The van der Waals surface area contributed by atoms with Gasteiger partial charge in [-0.3, -0.25) is 14.3 Å². The van der Waals surface area contributed by atoms with Crippen LogP contribution in [0.3, 0.4) is 0 Å². The lowest BCUT2D eigenvalue weighted by Crippen LogP contribution is -2.31. The fraction of sp³-hybridized carbons (Fsp3) is 0.636. The van der Waals surface area contributed by atoms with Gasteiger partial charge in [0.15, 0.2) is 0 Å². The molecular formula is C11H16N2O4. The van der Waals surface area contributed by atoms with Gasteiger partial charge in [-0.2, -0.15) is 0 Å². The van der Waals surface area contributed by atoms with Crippen LogP contribution in [0.2, 0.25) is 0 Å². The molecule has 1 aromatic heterocycles. The summed E-state index contributed by atoms with van der Waals surface area (Å²) in [6.45, 7) is 2.01. The molecule has 0 unspecified atom stereocenters. The number of H-pyrrole nitrogens is 1. The first-order valence-electron chi connectivity index (χ1n) is 5.65. The number of hydrogen-bond acceptors (Lipinski definition) is 4. The molecule has 0 radical (unpaired) electrons. The lowest BCUT2D eigenvalue weighted by atomic mass is 10.1. The highest BCUT2D eigenvalue weighted by molar-refractivity contribution is 4.88. The third kappa shape index (κ3) is 2.32. The molecule has 1 N–H and O–H groups in total. The number of methoxy groups -OCH3 is 1. The number of nitrogens with zero attached hydrogens (tertiary/aromatic N) is 1. The van der Waals surface area contributed by atoms with E-state index >= 15 is 0 Å². The average Bonchev–Trinajstić information content (AvgIpc) is 2.72. The molecule has 0 aliphatic carbocycles. The zero-order valence-corrected chi connectivity index (χ0v) is 9.88. The molecule has 0 spiro atoms. The molecule has 6 nitrogen and oxygen atoms in total. The molecule has 1 aliphatic rings. The van der Waals surface area contributed by atoms with Gasteiger partial charge < -0.3 is 9.47 Å². The largest absolute Gasteiger partial charge is 0.379 e. The molecule has 2 heterocycles. The number of ether oxygens (including phenoxy) is 2. The zero-order chi connectivity index (χ0) is 12.4. The molecule has 2 rings (SSSR count). The lowest BCUT2D eigenvalue weighted by molar-refractivity contribution is -0.0301. The van der Waals surface area contributed by atoms with Crippen molar-refractivity contribution in [3.8, 4) is 0 Å². The zero-order valence-electron chi connectivity index (χ0n) is 9.88. The van der Waals surface area contributed by atoms with Crippen LogP contribution in [0, 0.1) is 0 Å². The maximum atomic E-state index is 11.6. The van der Waals surface area contributed by atoms with Crippen LogP contribution < -0.4 is 11.2 Å². The Labute approximate surface area is 98.2 Å². The molecule has 1 aliphatic heterocycles. The van der Waals surface area contributed by atoms with Crippen LogP contribution in [0.4, 0.5) is 0 Å². The van der Waals surface area contributed by atoms with Gasteiger partial charge in [-0.05, 0) is 6.42 Å². The maximum Gasteiger partial charge on any atom is 0.330 e. The number of aromatic amines is 1. The van der Waals surface area contributed by atoms with Crippen molar-refractivity contribution in [1.82, 2.24) is 9.55 Å². The first kappa shape index (κ1) is 12.1. The fourth-order valence-corrected chi connectivity index (χ4v) is 2.14. The molecule has 94 valence electrons. The summed E-state index contributed by atoms with van der Waals surface area (Å²) in [5.41, 5.74) is -0.853. The predicted octanol–water partition coefficient (Wildman–Crippen LogP) is 0.249. The van der Waals surface area contributed by atoms with Crippen molar-refractivity contribution in [3.63, 3.8) is 0 Å². The van der Waals surface area contributed by atoms with Crippen molar-refractivity contribution >= 4 is 0 Å². The van der Waals surface area contributed by atoms with Gasteiger partial charge in [0.05, 0.1) is 12.2 Å². The van der Waals surface area contributed by atoms with E-state index in [0.717, 1.165) is 6.42 Å². The van der Waals surface area contributed by atoms with Crippen LogP contribution in [0.1, 0.15) is 26.0 Å². The van der Waals surface area contributed by atoms with Crippen molar-refractivity contribution in [1.29, 1.82) is 0 Å². The van der Waals surface area contributed by atoms with E-state index in [-0.39, 0.29) is 18.4 Å². The second kappa shape index (κ2) is 4.85. The Hall–Kier alpha value is -1.40. The molecule has 17 heavy (non-hydrogen) atoms. The minimum absolute atomic E-state index is 0.0103. The summed E-state index contributed by atoms with van der Waals surface area (Å²) in [6, 6.07) is 1.31. The van der Waals surface area contributed by atoms with Crippen LogP contribution >= 0.6 is 0 Å². The second-order valence-corrected chi connectivity index (χ2v) is 4.06. The third-order valence-electron chi connectivity index (χ3n) is 3.05. The van der Waals surface area contributed by atoms with Crippen molar-refractivity contribution in [3.05, 3.63) is 33.1 Å². The quantitative estimate of drug-likeness (QED) is 0.822. The van der Waals surface area contributed by atoms with E-state index in [0.29, 0.717) is 6.42 Å². The van der Waals surface area contributed by atoms with Crippen molar-refractivity contribution < 1.29 is 9.47 Å². The smallest absolute Gasteiger partial charge is 0.330 e. The van der Waals surface area contributed by atoms with Gasteiger partial charge in [0.2, 0.25) is 0 Å². The summed E-state index contributed by atoms with van der Waals surface area (Å²) in [5, 5.41) is 0. The van der Waals surface area contributed by atoms with Gasteiger partial charge in [-0.1, -0.05) is 6.92 Å². The Morgan fingerprint density at radius 1 is 1.59 bits per heavy atom. The van der Waals surface area contributed by atoms with E-state index in [1.807, 2.05) is 6.92 Å². The van der Waals surface area contributed by atoms with Crippen LogP contribution in [0.5, 0.6) is 0 Å². The molecule has 0 aromatic carbocycles. The number of hydrogen-bond donors (Lipinski definition) is 1. The molecule has 1 fully saturated rings. The highest BCUT2D eigenvalue weighted by Gasteiger charge is 2.35. The van der Waals surface area contributed by atoms with Gasteiger partial charge in [-0.25, -0.2) is 4.79 Å². The van der Waals surface area contributed by atoms with E-state index < -0.39 is 11.2 Å². The number of rotatable bonds is 3. The Balaban J connectivity index is 2.25. The van der Waals surface area contributed by atoms with E-state index in [1.54, 1.807) is 7.11 Å². The molecular weight excluding hydrogens is 224 g/mol. The molecule has 6 heteroatoms. The van der Waals surface area contributed by atoms with E-state index in [4.69, 9.17) is 9.47 Å². The first-order chi connectivity index (χ1) is 8.15. The van der Waals surface area contributed by atoms with Crippen LogP contribution in [-0.4, -0.2) is 28.9 Å². The minimum Gasteiger partial charge on any atom is -0.379 e. The van der Waals surface area contributed by atoms with Crippen molar-refractivity contribution in [2.24, 2.45) is 0 Å².